The number of hydrogen-bond acceptors (Lipinski definition) is 5. The number of nitrogens with two attached hydrogens (primary N) is 1. The minimum absolute atomic E-state index is 0.0582. The summed E-state index contributed by atoms with van der Waals surface area (Å²) < 4.78 is 11.2. The van der Waals surface area contributed by atoms with Gasteiger partial charge in [-0.2, -0.15) is 0 Å². The first-order valence-corrected chi connectivity index (χ1v) is 7.12. The first-order chi connectivity index (χ1) is 10.4. The van der Waals surface area contributed by atoms with E-state index in [4.69, 9.17) is 15.3 Å². The number of pyridine rings is 1. The van der Waals surface area contributed by atoms with Gasteiger partial charge in [0.05, 0.1) is 0 Å². The second-order valence-electron chi connectivity index (χ2n) is 4.98. The number of hydrazine groups is 1. The molecule has 0 fully saturated rings. The Morgan fingerprint density at radius 1 is 1.14 bits per heavy atom. The molecular formula is C16H19N3O2. The van der Waals surface area contributed by atoms with Crippen LogP contribution in [-0.4, -0.2) is 18.2 Å². The van der Waals surface area contributed by atoms with Gasteiger partial charge in [-0.05, 0) is 42.7 Å². The summed E-state index contributed by atoms with van der Waals surface area (Å²) in [4.78, 5) is 4.34. The molecular weight excluding hydrogens is 266 g/mol. The van der Waals surface area contributed by atoms with Crippen molar-refractivity contribution in [1.29, 1.82) is 0 Å². The zero-order valence-electron chi connectivity index (χ0n) is 11.8. The fraction of sp³-hybridized carbons (Fsp3) is 0.312. The highest BCUT2D eigenvalue weighted by Crippen LogP contribution is 2.33. The number of aryl methyl sites for hydroxylation is 1. The summed E-state index contributed by atoms with van der Waals surface area (Å²) in [5, 5.41) is 0. The molecule has 0 aliphatic carbocycles. The summed E-state index contributed by atoms with van der Waals surface area (Å²) in [5.74, 6) is 7.29. The standard InChI is InChI=1S/C16H19N3O2/c17-19-14(6-5-13-3-1-2-8-18-13)12-4-7-15-16(11-12)21-10-9-20-15/h1-4,7-8,11,14,19H,5-6,9-10,17H2. The molecule has 1 atom stereocenters. The Hall–Kier alpha value is -2.11. The first-order valence-electron chi connectivity index (χ1n) is 7.12. The lowest BCUT2D eigenvalue weighted by Gasteiger charge is -2.21. The van der Waals surface area contributed by atoms with E-state index in [0.717, 1.165) is 35.6 Å². The first kappa shape index (κ1) is 13.9. The molecule has 110 valence electrons. The van der Waals surface area contributed by atoms with Gasteiger partial charge in [0.1, 0.15) is 13.2 Å². The molecule has 5 heteroatoms. The Balaban J connectivity index is 1.71. The van der Waals surface area contributed by atoms with Gasteiger partial charge in [-0.15, -0.1) is 0 Å². The third-order valence-corrected chi connectivity index (χ3v) is 3.59. The Kier molecular flexibility index (Phi) is 4.33. The van der Waals surface area contributed by atoms with Crippen molar-refractivity contribution in [2.24, 2.45) is 5.84 Å². The van der Waals surface area contributed by atoms with Crippen molar-refractivity contribution >= 4 is 0 Å². The molecule has 5 nitrogen and oxygen atoms in total. The lowest BCUT2D eigenvalue weighted by atomic mass is 10.0. The Bertz CT molecular complexity index is 589. The van der Waals surface area contributed by atoms with Crippen LogP contribution in [0.2, 0.25) is 0 Å². The van der Waals surface area contributed by atoms with Gasteiger partial charge in [0.2, 0.25) is 0 Å². The molecule has 1 aromatic carbocycles. The third-order valence-electron chi connectivity index (χ3n) is 3.59. The normalized spacial score (nSPS) is 14.7. The van der Waals surface area contributed by atoms with E-state index >= 15 is 0 Å². The number of ether oxygens (including phenoxy) is 2. The van der Waals surface area contributed by atoms with Gasteiger partial charge in [-0.25, -0.2) is 0 Å². The molecule has 0 spiro atoms. The summed E-state index contributed by atoms with van der Waals surface area (Å²) in [7, 11) is 0. The number of fused-ring (bicyclic) bond motifs is 1. The van der Waals surface area contributed by atoms with E-state index in [-0.39, 0.29) is 6.04 Å². The highest BCUT2D eigenvalue weighted by Gasteiger charge is 2.16. The van der Waals surface area contributed by atoms with E-state index in [1.54, 1.807) is 0 Å². The topological polar surface area (TPSA) is 69.4 Å². The quantitative estimate of drug-likeness (QED) is 0.649. The Morgan fingerprint density at radius 2 is 2.00 bits per heavy atom. The lowest BCUT2D eigenvalue weighted by Crippen LogP contribution is -2.28. The summed E-state index contributed by atoms with van der Waals surface area (Å²) in [6.45, 7) is 1.19. The molecule has 1 unspecified atom stereocenters. The number of benzene rings is 1. The molecule has 0 saturated carbocycles. The van der Waals surface area contributed by atoms with Crippen molar-refractivity contribution < 1.29 is 9.47 Å². The Labute approximate surface area is 124 Å². The predicted octanol–water partition coefficient (Wildman–Crippen LogP) is 1.99. The van der Waals surface area contributed by atoms with Crippen LogP contribution in [0.5, 0.6) is 11.5 Å². The van der Waals surface area contributed by atoms with E-state index in [2.05, 4.69) is 10.4 Å². The van der Waals surface area contributed by atoms with Crippen molar-refractivity contribution in [3.05, 3.63) is 53.9 Å². The molecule has 3 rings (SSSR count). The fourth-order valence-electron chi connectivity index (χ4n) is 2.46. The van der Waals surface area contributed by atoms with Crippen LogP contribution in [0.4, 0.5) is 0 Å². The zero-order valence-corrected chi connectivity index (χ0v) is 11.8. The third kappa shape index (κ3) is 3.32. The van der Waals surface area contributed by atoms with Crippen LogP contribution in [0.3, 0.4) is 0 Å². The summed E-state index contributed by atoms with van der Waals surface area (Å²) >= 11 is 0. The summed E-state index contributed by atoms with van der Waals surface area (Å²) in [5.41, 5.74) is 5.03. The van der Waals surface area contributed by atoms with Crippen LogP contribution >= 0.6 is 0 Å². The second-order valence-corrected chi connectivity index (χ2v) is 4.98. The highest BCUT2D eigenvalue weighted by molar-refractivity contribution is 5.44. The fourth-order valence-corrected chi connectivity index (χ4v) is 2.46. The average molecular weight is 285 g/mol. The maximum absolute atomic E-state index is 5.70. The molecule has 2 aromatic rings. The van der Waals surface area contributed by atoms with Crippen molar-refractivity contribution in [1.82, 2.24) is 10.4 Å². The van der Waals surface area contributed by atoms with Gasteiger partial charge in [0.15, 0.2) is 11.5 Å². The van der Waals surface area contributed by atoms with E-state index in [1.807, 2.05) is 42.6 Å². The number of nitrogens with one attached hydrogen (secondary N) is 1. The molecule has 1 aromatic heterocycles. The van der Waals surface area contributed by atoms with Gasteiger partial charge in [0, 0.05) is 17.9 Å². The maximum Gasteiger partial charge on any atom is 0.161 e. The van der Waals surface area contributed by atoms with E-state index < -0.39 is 0 Å². The number of rotatable bonds is 5. The van der Waals surface area contributed by atoms with Crippen LogP contribution in [-0.2, 0) is 6.42 Å². The van der Waals surface area contributed by atoms with Gasteiger partial charge in [0.25, 0.3) is 0 Å². The smallest absolute Gasteiger partial charge is 0.161 e. The van der Waals surface area contributed by atoms with Crippen LogP contribution in [0.25, 0.3) is 0 Å². The number of nitrogens with zero attached hydrogens (tertiary/aromatic N) is 1. The number of aromatic nitrogens is 1. The monoisotopic (exact) mass is 285 g/mol. The second kappa shape index (κ2) is 6.56. The minimum atomic E-state index is 0.0582. The molecule has 3 N–H and O–H groups in total. The van der Waals surface area contributed by atoms with Crippen molar-refractivity contribution in [2.75, 3.05) is 13.2 Å². The number of hydrogen-bond donors (Lipinski definition) is 2. The van der Waals surface area contributed by atoms with Crippen LogP contribution in [0, 0.1) is 0 Å². The van der Waals surface area contributed by atoms with Gasteiger partial charge < -0.3 is 9.47 Å². The van der Waals surface area contributed by atoms with Crippen molar-refractivity contribution in [3.63, 3.8) is 0 Å². The van der Waals surface area contributed by atoms with Crippen molar-refractivity contribution in [2.45, 2.75) is 18.9 Å². The predicted molar refractivity (Wildman–Crippen MR) is 80.1 cm³/mol. The van der Waals surface area contributed by atoms with E-state index in [1.165, 1.54) is 0 Å². The summed E-state index contributed by atoms with van der Waals surface area (Å²) in [6, 6.07) is 12.0. The molecule has 0 radical (unpaired) electrons. The molecule has 21 heavy (non-hydrogen) atoms. The van der Waals surface area contributed by atoms with Crippen molar-refractivity contribution in [3.8, 4) is 11.5 Å². The van der Waals surface area contributed by atoms with Gasteiger partial charge in [-0.3, -0.25) is 16.3 Å². The molecule has 0 amide bonds. The molecule has 0 bridgehead atoms. The summed E-state index contributed by atoms with van der Waals surface area (Å²) in [6.07, 6.45) is 3.54. The lowest BCUT2D eigenvalue weighted by molar-refractivity contribution is 0.171. The maximum atomic E-state index is 5.70. The zero-order chi connectivity index (χ0) is 14.5. The van der Waals surface area contributed by atoms with Gasteiger partial charge >= 0.3 is 0 Å². The van der Waals surface area contributed by atoms with Crippen LogP contribution in [0.1, 0.15) is 23.7 Å². The van der Waals surface area contributed by atoms with Gasteiger partial charge in [-0.1, -0.05) is 12.1 Å². The SMILES string of the molecule is NNC(CCc1ccccn1)c1ccc2c(c1)OCCO2. The Morgan fingerprint density at radius 3 is 2.76 bits per heavy atom. The minimum Gasteiger partial charge on any atom is -0.486 e. The molecule has 1 aliphatic heterocycles. The largest absolute Gasteiger partial charge is 0.486 e. The molecule has 2 heterocycles. The van der Waals surface area contributed by atoms with Crippen LogP contribution < -0.4 is 20.7 Å². The van der Waals surface area contributed by atoms with Crippen LogP contribution in [0.15, 0.2) is 42.6 Å². The van der Waals surface area contributed by atoms with E-state index in [9.17, 15) is 0 Å². The molecule has 0 saturated heterocycles. The molecule has 1 aliphatic rings. The average Bonchev–Trinajstić information content (AvgIpc) is 2.56. The highest BCUT2D eigenvalue weighted by atomic mass is 16.6. The van der Waals surface area contributed by atoms with E-state index in [0.29, 0.717) is 13.2 Å².